The van der Waals surface area contributed by atoms with E-state index in [1.54, 1.807) is 0 Å². The summed E-state index contributed by atoms with van der Waals surface area (Å²) in [4.78, 5) is 10.4. The summed E-state index contributed by atoms with van der Waals surface area (Å²) in [5.74, 6) is -0.296. The third-order valence-electron chi connectivity index (χ3n) is 2.02. The summed E-state index contributed by atoms with van der Waals surface area (Å²) < 4.78 is 21.2. The van der Waals surface area contributed by atoms with Crippen LogP contribution >= 0.6 is 8.03 Å². The molecule has 0 aliphatic carbocycles. The van der Waals surface area contributed by atoms with Crippen molar-refractivity contribution in [3.8, 4) is 0 Å². The van der Waals surface area contributed by atoms with Gasteiger partial charge in [-0.3, -0.25) is 4.79 Å². The molecule has 0 spiro atoms. The molecule has 0 heterocycles. The van der Waals surface area contributed by atoms with Crippen LogP contribution in [0.3, 0.4) is 0 Å². The van der Waals surface area contributed by atoms with E-state index >= 15 is 0 Å². The van der Waals surface area contributed by atoms with Crippen LogP contribution in [0.15, 0.2) is 0 Å². The number of hydrogen-bond acceptors (Lipinski definition) is 4. The maximum atomic E-state index is 11.3. The predicted octanol–water partition coefficient (Wildman–Crippen LogP) is 3.28. The number of carbonyl (C=O) groups is 1. The van der Waals surface area contributed by atoms with Gasteiger partial charge in [-0.15, -0.1) is 4.52 Å². The first-order valence-corrected chi connectivity index (χ1v) is 7.24. The minimum absolute atomic E-state index is 0.296. The van der Waals surface area contributed by atoms with Crippen LogP contribution in [0.25, 0.3) is 0 Å². The SMILES string of the molecule is CCCCCCO[P+](=O)CCCOC(C)=O. The first-order chi connectivity index (χ1) is 7.66. The highest BCUT2D eigenvalue weighted by Crippen LogP contribution is 2.23. The van der Waals surface area contributed by atoms with Gasteiger partial charge in [-0.25, -0.2) is 0 Å². The third-order valence-corrected chi connectivity index (χ3v) is 3.18. The molecule has 0 aliphatic heterocycles. The fourth-order valence-electron chi connectivity index (χ4n) is 1.17. The van der Waals surface area contributed by atoms with E-state index < -0.39 is 8.03 Å². The van der Waals surface area contributed by atoms with E-state index in [2.05, 4.69) is 6.92 Å². The van der Waals surface area contributed by atoms with Gasteiger partial charge in [0.15, 0.2) is 6.16 Å². The average Bonchev–Trinajstić information content (AvgIpc) is 2.24. The summed E-state index contributed by atoms with van der Waals surface area (Å²) in [6.07, 6.45) is 5.56. The second-order valence-corrected chi connectivity index (χ2v) is 5.01. The van der Waals surface area contributed by atoms with E-state index in [0.717, 1.165) is 12.8 Å². The number of unbranched alkanes of at least 4 members (excludes halogenated alkanes) is 3. The van der Waals surface area contributed by atoms with Crippen LogP contribution in [0, 0.1) is 0 Å². The van der Waals surface area contributed by atoms with Crippen molar-refractivity contribution in [2.24, 2.45) is 0 Å². The molecular weight excluding hydrogens is 227 g/mol. The number of hydrogen-bond donors (Lipinski definition) is 0. The van der Waals surface area contributed by atoms with Crippen molar-refractivity contribution in [1.82, 2.24) is 0 Å². The summed E-state index contributed by atoms with van der Waals surface area (Å²) in [5.41, 5.74) is 0. The smallest absolute Gasteiger partial charge is 0.466 e. The fraction of sp³-hybridized carbons (Fsp3) is 0.909. The van der Waals surface area contributed by atoms with Gasteiger partial charge in [-0.1, -0.05) is 26.2 Å². The Hall–Kier alpha value is -0.470. The maximum Gasteiger partial charge on any atom is 0.508 e. The van der Waals surface area contributed by atoms with Crippen molar-refractivity contribution < 1.29 is 18.6 Å². The van der Waals surface area contributed by atoms with Crippen LogP contribution in [-0.4, -0.2) is 25.3 Å². The van der Waals surface area contributed by atoms with Crippen LogP contribution in [0.5, 0.6) is 0 Å². The van der Waals surface area contributed by atoms with Crippen LogP contribution in [0.1, 0.15) is 46.0 Å². The minimum Gasteiger partial charge on any atom is -0.466 e. The molecule has 94 valence electrons. The van der Waals surface area contributed by atoms with E-state index in [1.165, 1.54) is 19.8 Å². The minimum atomic E-state index is -1.57. The third kappa shape index (κ3) is 11.6. The molecule has 4 nitrogen and oxygen atoms in total. The molecule has 0 aliphatic rings. The molecule has 0 N–H and O–H groups in total. The average molecular weight is 249 g/mol. The molecule has 0 rings (SSSR count). The highest BCUT2D eigenvalue weighted by atomic mass is 31.1. The Kier molecular flexibility index (Phi) is 10.7. The molecule has 0 saturated carbocycles. The van der Waals surface area contributed by atoms with E-state index in [0.29, 0.717) is 25.8 Å². The molecule has 0 aromatic heterocycles. The number of ether oxygens (including phenoxy) is 1. The van der Waals surface area contributed by atoms with E-state index in [-0.39, 0.29) is 5.97 Å². The molecule has 0 bridgehead atoms. The zero-order valence-corrected chi connectivity index (χ0v) is 11.1. The lowest BCUT2D eigenvalue weighted by Gasteiger charge is -1.96. The number of esters is 1. The maximum absolute atomic E-state index is 11.3. The molecular formula is C11H22O4P+. The van der Waals surface area contributed by atoms with Crippen molar-refractivity contribution in [3.05, 3.63) is 0 Å². The van der Waals surface area contributed by atoms with Gasteiger partial charge in [0.25, 0.3) is 0 Å². The van der Waals surface area contributed by atoms with Gasteiger partial charge in [0.2, 0.25) is 0 Å². The van der Waals surface area contributed by atoms with Crippen molar-refractivity contribution in [3.63, 3.8) is 0 Å². The molecule has 0 saturated heterocycles. The Bertz CT molecular complexity index is 206. The Labute approximate surface area is 98.6 Å². The first-order valence-electron chi connectivity index (χ1n) is 5.87. The topological polar surface area (TPSA) is 52.6 Å². The number of rotatable bonds is 10. The van der Waals surface area contributed by atoms with Gasteiger partial charge in [0.1, 0.15) is 6.61 Å². The van der Waals surface area contributed by atoms with Crippen LogP contribution in [0.2, 0.25) is 0 Å². The zero-order chi connectivity index (χ0) is 12.2. The van der Waals surface area contributed by atoms with Gasteiger partial charge in [0, 0.05) is 13.3 Å². The zero-order valence-electron chi connectivity index (χ0n) is 10.2. The Morgan fingerprint density at radius 2 is 1.88 bits per heavy atom. The van der Waals surface area contributed by atoms with E-state index in [1.807, 2.05) is 0 Å². The van der Waals surface area contributed by atoms with Crippen molar-refractivity contribution in [2.45, 2.75) is 46.0 Å². The lowest BCUT2D eigenvalue weighted by Crippen LogP contribution is -2.01. The molecule has 0 radical (unpaired) electrons. The molecule has 16 heavy (non-hydrogen) atoms. The quantitative estimate of drug-likeness (QED) is 0.338. The van der Waals surface area contributed by atoms with Gasteiger partial charge >= 0.3 is 14.0 Å². The van der Waals surface area contributed by atoms with Gasteiger partial charge in [-0.05, 0) is 11.0 Å². The fourth-order valence-corrected chi connectivity index (χ4v) is 2.02. The number of carbonyl (C=O) groups excluding carboxylic acids is 1. The highest BCUT2D eigenvalue weighted by molar-refractivity contribution is 7.39. The molecule has 0 fully saturated rings. The monoisotopic (exact) mass is 249 g/mol. The Morgan fingerprint density at radius 1 is 1.12 bits per heavy atom. The Morgan fingerprint density at radius 3 is 2.50 bits per heavy atom. The standard InChI is InChI=1S/C11H22O4P/c1-3-4-5-6-9-15-16(13)10-7-8-14-11(2)12/h3-10H2,1-2H3/q+1. The van der Waals surface area contributed by atoms with Crippen molar-refractivity contribution in [2.75, 3.05) is 19.4 Å². The summed E-state index contributed by atoms with van der Waals surface area (Å²) in [7, 11) is -1.57. The van der Waals surface area contributed by atoms with Crippen molar-refractivity contribution in [1.29, 1.82) is 0 Å². The molecule has 5 heteroatoms. The van der Waals surface area contributed by atoms with Gasteiger partial charge in [-0.2, -0.15) is 0 Å². The molecule has 1 atom stereocenters. The lowest BCUT2D eigenvalue weighted by atomic mass is 10.2. The largest absolute Gasteiger partial charge is 0.508 e. The van der Waals surface area contributed by atoms with E-state index in [9.17, 15) is 9.36 Å². The van der Waals surface area contributed by atoms with Gasteiger partial charge in [0.05, 0.1) is 6.61 Å². The Balaban J connectivity index is 3.21. The molecule has 1 unspecified atom stereocenters. The summed E-state index contributed by atoms with van der Waals surface area (Å²) in [5, 5.41) is 0. The van der Waals surface area contributed by atoms with Gasteiger partial charge < -0.3 is 4.74 Å². The first kappa shape index (κ1) is 15.5. The summed E-state index contributed by atoms with van der Waals surface area (Å²) in [6, 6.07) is 0. The highest BCUT2D eigenvalue weighted by Gasteiger charge is 2.16. The molecule has 0 aromatic carbocycles. The van der Waals surface area contributed by atoms with Crippen LogP contribution < -0.4 is 0 Å². The predicted molar refractivity (Wildman–Crippen MR) is 63.8 cm³/mol. The van der Waals surface area contributed by atoms with Crippen molar-refractivity contribution >= 4 is 14.0 Å². The second kappa shape index (κ2) is 11.0. The molecule has 0 amide bonds. The second-order valence-electron chi connectivity index (χ2n) is 3.64. The summed E-state index contributed by atoms with van der Waals surface area (Å²) in [6.45, 7) is 4.42. The normalized spacial score (nSPS) is 11.2. The van der Waals surface area contributed by atoms with E-state index in [4.69, 9.17) is 9.26 Å². The summed E-state index contributed by atoms with van der Waals surface area (Å²) >= 11 is 0. The van der Waals surface area contributed by atoms with Crippen LogP contribution in [0.4, 0.5) is 0 Å². The molecule has 0 aromatic rings. The van der Waals surface area contributed by atoms with Crippen LogP contribution in [-0.2, 0) is 18.6 Å². The lowest BCUT2D eigenvalue weighted by molar-refractivity contribution is -0.140.